The van der Waals surface area contributed by atoms with E-state index in [0.717, 1.165) is 6.42 Å². The molecule has 0 heterocycles. The molecule has 1 atom stereocenters. The van der Waals surface area contributed by atoms with Crippen LogP contribution in [-0.4, -0.2) is 12.1 Å². The Labute approximate surface area is 112 Å². The Morgan fingerprint density at radius 3 is 2.39 bits per heavy atom. The van der Waals surface area contributed by atoms with Gasteiger partial charge in [-0.2, -0.15) is 0 Å². The van der Waals surface area contributed by atoms with Crippen molar-refractivity contribution in [2.24, 2.45) is 10.9 Å². The van der Waals surface area contributed by atoms with Gasteiger partial charge in [-0.1, -0.05) is 64.7 Å². The summed E-state index contributed by atoms with van der Waals surface area (Å²) in [4.78, 5) is 14.6. The van der Waals surface area contributed by atoms with E-state index in [4.69, 9.17) is 0 Å². The molecule has 2 heteroatoms. The van der Waals surface area contributed by atoms with E-state index in [1.54, 1.807) is 6.08 Å². The molecule has 0 spiro atoms. The quantitative estimate of drug-likeness (QED) is 0.321. The first-order valence-corrected chi connectivity index (χ1v) is 7.95. The second kappa shape index (κ2) is 10.3. The smallest absolute Gasteiger partial charge is 0.211 e. The van der Waals surface area contributed by atoms with Crippen molar-refractivity contribution in [3.63, 3.8) is 0 Å². The highest BCUT2D eigenvalue weighted by molar-refractivity contribution is 5.33. The van der Waals surface area contributed by atoms with Crippen LogP contribution in [0, 0.1) is 5.92 Å². The highest BCUT2D eigenvalue weighted by Crippen LogP contribution is 2.30. The molecule has 0 aliphatic heterocycles. The van der Waals surface area contributed by atoms with Crippen LogP contribution >= 0.6 is 0 Å². The Bertz CT molecular complexity index is 239. The highest BCUT2D eigenvalue weighted by atomic mass is 16.1. The summed E-state index contributed by atoms with van der Waals surface area (Å²) in [5, 5.41) is 0. The maximum Gasteiger partial charge on any atom is 0.235 e. The predicted octanol–water partition coefficient (Wildman–Crippen LogP) is 5.02. The molecule has 18 heavy (non-hydrogen) atoms. The Hall–Kier alpha value is -0.620. The fraction of sp³-hybridized carbons (Fsp3) is 0.938. The lowest BCUT2D eigenvalue weighted by Gasteiger charge is -2.26. The number of isocyanates is 1. The molecule has 0 bridgehead atoms. The molecule has 0 aromatic heterocycles. The van der Waals surface area contributed by atoms with Crippen LogP contribution in [0.4, 0.5) is 0 Å². The Balaban J connectivity index is 2.18. The number of rotatable bonds is 9. The molecule has 0 aromatic rings. The highest BCUT2D eigenvalue weighted by Gasteiger charge is 2.22. The predicted molar refractivity (Wildman–Crippen MR) is 76.5 cm³/mol. The largest absolute Gasteiger partial charge is 0.235 e. The molecule has 1 rings (SSSR count). The van der Waals surface area contributed by atoms with E-state index in [9.17, 15) is 4.79 Å². The van der Waals surface area contributed by atoms with Gasteiger partial charge in [0.25, 0.3) is 0 Å². The van der Waals surface area contributed by atoms with Gasteiger partial charge in [-0.15, -0.1) is 0 Å². The topological polar surface area (TPSA) is 29.4 Å². The summed E-state index contributed by atoms with van der Waals surface area (Å²) in [5.74, 6) is 0.663. The van der Waals surface area contributed by atoms with Crippen molar-refractivity contribution in [3.8, 4) is 0 Å². The van der Waals surface area contributed by atoms with Crippen LogP contribution in [0.5, 0.6) is 0 Å². The van der Waals surface area contributed by atoms with E-state index < -0.39 is 0 Å². The molecule has 0 N–H and O–H groups in total. The maximum atomic E-state index is 10.5. The zero-order valence-corrected chi connectivity index (χ0v) is 12.0. The molecule has 1 saturated carbocycles. The van der Waals surface area contributed by atoms with Gasteiger partial charge < -0.3 is 0 Å². The molecule has 1 unspecified atom stereocenters. The van der Waals surface area contributed by atoms with Gasteiger partial charge in [0.15, 0.2) is 0 Å². The molecule has 1 fully saturated rings. The summed E-state index contributed by atoms with van der Waals surface area (Å²) < 4.78 is 0. The summed E-state index contributed by atoms with van der Waals surface area (Å²) in [6.45, 7) is 2.25. The number of carbonyl (C=O) groups excluding carboxylic acids is 1. The lowest BCUT2D eigenvalue weighted by Crippen LogP contribution is -2.21. The summed E-state index contributed by atoms with van der Waals surface area (Å²) >= 11 is 0. The Kier molecular flexibility index (Phi) is 8.85. The number of nitrogens with zero attached hydrogens (tertiary/aromatic N) is 1. The molecular weight excluding hydrogens is 222 g/mol. The number of aliphatic imine (C=N–C) groups is 1. The third-order valence-electron chi connectivity index (χ3n) is 4.27. The van der Waals surface area contributed by atoms with E-state index in [2.05, 4.69) is 11.9 Å². The normalized spacial score (nSPS) is 18.3. The molecule has 104 valence electrons. The van der Waals surface area contributed by atoms with E-state index >= 15 is 0 Å². The van der Waals surface area contributed by atoms with E-state index in [0.29, 0.717) is 5.92 Å². The van der Waals surface area contributed by atoms with Gasteiger partial charge in [-0.3, -0.25) is 0 Å². The molecule has 0 amide bonds. The van der Waals surface area contributed by atoms with Crippen LogP contribution in [-0.2, 0) is 4.79 Å². The van der Waals surface area contributed by atoms with E-state index in [1.165, 1.54) is 70.6 Å². The van der Waals surface area contributed by atoms with Crippen LogP contribution in [0.3, 0.4) is 0 Å². The zero-order chi connectivity index (χ0) is 13.1. The minimum Gasteiger partial charge on any atom is -0.211 e. The summed E-state index contributed by atoms with van der Waals surface area (Å²) in [7, 11) is 0. The summed E-state index contributed by atoms with van der Waals surface area (Å²) in [6.07, 6.45) is 17.4. The van der Waals surface area contributed by atoms with Crippen LogP contribution in [0.15, 0.2) is 4.99 Å². The molecule has 0 radical (unpaired) electrons. The Morgan fingerprint density at radius 2 is 1.72 bits per heavy atom. The van der Waals surface area contributed by atoms with E-state index in [1.807, 2.05) is 0 Å². The van der Waals surface area contributed by atoms with Gasteiger partial charge in [0, 0.05) is 0 Å². The number of unbranched alkanes of at least 4 members (excludes halogenated alkanes) is 5. The van der Waals surface area contributed by atoms with Crippen molar-refractivity contribution in [3.05, 3.63) is 0 Å². The van der Waals surface area contributed by atoms with Gasteiger partial charge in [0.1, 0.15) is 0 Å². The maximum absolute atomic E-state index is 10.5. The van der Waals surface area contributed by atoms with Crippen molar-refractivity contribution in [2.45, 2.75) is 90.0 Å². The van der Waals surface area contributed by atoms with Gasteiger partial charge in [0.2, 0.25) is 6.08 Å². The first kappa shape index (κ1) is 15.4. The Morgan fingerprint density at radius 1 is 1.06 bits per heavy atom. The van der Waals surface area contributed by atoms with Crippen LogP contribution in [0.1, 0.15) is 84.0 Å². The van der Waals surface area contributed by atoms with Crippen molar-refractivity contribution in [1.29, 1.82) is 0 Å². The van der Waals surface area contributed by atoms with Crippen molar-refractivity contribution >= 4 is 6.08 Å². The fourth-order valence-corrected chi connectivity index (χ4v) is 3.13. The third kappa shape index (κ3) is 6.35. The third-order valence-corrected chi connectivity index (χ3v) is 4.27. The number of hydrogen-bond acceptors (Lipinski definition) is 2. The average molecular weight is 251 g/mol. The van der Waals surface area contributed by atoms with Gasteiger partial charge >= 0.3 is 0 Å². The molecule has 1 aliphatic rings. The number of hydrogen-bond donors (Lipinski definition) is 0. The monoisotopic (exact) mass is 251 g/mol. The zero-order valence-electron chi connectivity index (χ0n) is 12.0. The molecule has 0 saturated heterocycles. The second-order valence-electron chi connectivity index (χ2n) is 5.74. The van der Waals surface area contributed by atoms with Crippen LogP contribution in [0.25, 0.3) is 0 Å². The lowest BCUT2D eigenvalue weighted by atomic mass is 9.82. The van der Waals surface area contributed by atoms with Crippen molar-refractivity contribution in [2.75, 3.05) is 0 Å². The average Bonchev–Trinajstić information content (AvgIpc) is 2.42. The van der Waals surface area contributed by atoms with Crippen LogP contribution in [0.2, 0.25) is 0 Å². The summed E-state index contributed by atoms with van der Waals surface area (Å²) in [6, 6.07) is 0.272. The molecular formula is C16H29NO. The van der Waals surface area contributed by atoms with Crippen molar-refractivity contribution in [1.82, 2.24) is 0 Å². The molecule has 1 aliphatic carbocycles. The first-order chi connectivity index (χ1) is 8.88. The molecule has 2 nitrogen and oxygen atoms in total. The standard InChI is InChI=1S/C16H29NO/c1-2-3-4-5-6-10-13-16(17-14-18)15-11-8-7-9-12-15/h15-16H,2-13H2,1H3. The first-order valence-electron chi connectivity index (χ1n) is 7.95. The minimum atomic E-state index is 0.272. The fourth-order valence-electron chi connectivity index (χ4n) is 3.13. The van der Waals surface area contributed by atoms with Crippen molar-refractivity contribution < 1.29 is 4.79 Å². The van der Waals surface area contributed by atoms with Gasteiger partial charge in [0.05, 0.1) is 6.04 Å². The summed E-state index contributed by atoms with van der Waals surface area (Å²) in [5.41, 5.74) is 0. The molecule has 0 aromatic carbocycles. The van der Waals surface area contributed by atoms with Gasteiger partial charge in [-0.25, -0.2) is 9.79 Å². The van der Waals surface area contributed by atoms with E-state index in [-0.39, 0.29) is 6.04 Å². The lowest BCUT2D eigenvalue weighted by molar-refractivity contribution is 0.291. The van der Waals surface area contributed by atoms with Crippen LogP contribution < -0.4 is 0 Å². The van der Waals surface area contributed by atoms with Gasteiger partial charge in [-0.05, 0) is 25.2 Å². The second-order valence-corrected chi connectivity index (χ2v) is 5.74. The SMILES string of the molecule is CCCCCCCCC(N=C=O)C1CCCCC1. The minimum absolute atomic E-state index is 0.272.